The molecule has 0 aliphatic rings. The van der Waals surface area contributed by atoms with Crippen molar-refractivity contribution in [1.29, 1.82) is 0 Å². The molecule has 0 bridgehead atoms. The number of para-hydroxylation sites is 1. The molecule has 0 heterocycles. The SMILES string of the molecule is Cc1ccccc1OCC(=O)NCCNC(=O)c1ccc(C(F)(F)F)cc1. The van der Waals surface area contributed by atoms with Crippen molar-refractivity contribution in [1.82, 2.24) is 10.6 Å². The molecular formula is C19H19F3N2O3. The van der Waals surface area contributed by atoms with Crippen LogP contribution in [0.5, 0.6) is 5.75 Å². The largest absolute Gasteiger partial charge is 0.484 e. The van der Waals surface area contributed by atoms with E-state index < -0.39 is 17.6 Å². The third kappa shape index (κ3) is 6.32. The summed E-state index contributed by atoms with van der Waals surface area (Å²) in [4.78, 5) is 23.6. The van der Waals surface area contributed by atoms with Crippen LogP contribution in [0.2, 0.25) is 0 Å². The third-order valence-corrected chi connectivity index (χ3v) is 3.66. The number of alkyl halides is 3. The molecule has 0 saturated heterocycles. The Bertz CT molecular complexity index is 790. The molecular weight excluding hydrogens is 361 g/mol. The highest BCUT2D eigenvalue weighted by Gasteiger charge is 2.30. The van der Waals surface area contributed by atoms with Gasteiger partial charge in [-0.2, -0.15) is 13.2 Å². The number of carbonyl (C=O) groups is 2. The van der Waals surface area contributed by atoms with Crippen LogP contribution in [0.15, 0.2) is 48.5 Å². The molecule has 2 N–H and O–H groups in total. The topological polar surface area (TPSA) is 67.4 Å². The van der Waals surface area contributed by atoms with E-state index in [1.807, 2.05) is 19.1 Å². The van der Waals surface area contributed by atoms with Crippen LogP contribution in [0.25, 0.3) is 0 Å². The molecule has 0 aliphatic carbocycles. The Balaban J connectivity index is 1.69. The molecule has 0 fully saturated rings. The van der Waals surface area contributed by atoms with Gasteiger partial charge in [0.2, 0.25) is 0 Å². The predicted molar refractivity (Wildman–Crippen MR) is 93.5 cm³/mol. The summed E-state index contributed by atoms with van der Waals surface area (Å²) in [5.74, 6) is -0.251. The minimum atomic E-state index is -4.44. The fraction of sp³-hybridized carbons (Fsp3) is 0.263. The van der Waals surface area contributed by atoms with Crippen molar-refractivity contribution in [2.45, 2.75) is 13.1 Å². The minimum absolute atomic E-state index is 0.109. The van der Waals surface area contributed by atoms with E-state index in [2.05, 4.69) is 10.6 Å². The molecule has 8 heteroatoms. The van der Waals surface area contributed by atoms with Crippen LogP contribution in [0.4, 0.5) is 13.2 Å². The summed E-state index contributed by atoms with van der Waals surface area (Å²) in [6.45, 7) is 2.01. The number of hydrogen-bond donors (Lipinski definition) is 2. The van der Waals surface area contributed by atoms with E-state index in [1.165, 1.54) is 0 Å². The van der Waals surface area contributed by atoms with Crippen LogP contribution in [0.1, 0.15) is 21.5 Å². The van der Waals surface area contributed by atoms with Crippen molar-refractivity contribution in [3.05, 3.63) is 65.2 Å². The molecule has 0 aliphatic heterocycles. The van der Waals surface area contributed by atoms with Crippen LogP contribution in [0, 0.1) is 6.92 Å². The maximum absolute atomic E-state index is 12.5. The normalized spacial score (nSPS) is 11.0. The molecule has 5 nitrogen and oxygen atoms in total. The van der Waals surface area contributed by atoms with E-state index in [0.29, 0.717) is 5.75 Å². The lowest BCUT2D eigenvalue weighted by Gasteiger charge is -2.10. The first kappa shape index (κ1) is 20.3. The number of nitrogens with one attached hydrogen (secondary N) is 2. The van der Waals surface area contributed by atoms with Gasteiger partial charge in [0.15, 0.2) is 6.61 Å². The smallest absolute Gasteiger partial charge is 0.416 e. The molecule has 2 amide bonds. The minimum Gasteiger partial charge on any atom is -0.484 e. The van der Waals surface area contributed by atoms with Gasteiger partial charge >= 0.3 is 6.18 Å². The zero-order valence-corrected chi connectivity index (χ0v) is 14.6. The van der Waals surface area contributed by atoms with Gasteiger partial charge in [-0.05, 0) is 42.8 Å². The highest BCUT2D eigenvalue weighted by molar-refractivity contribution is 5.94. The fourth-order valence-corrected chi connectivity index (χ4v) is 2.20. The van der Waals surface area contributed by atoms with Crippen LogP contribution < -0.4 is 15.4 Å². The van der Waals surface area contributed by atoms with Gasteiger partial charge in [0.1, 0.15) is 5.75 Å². The Labute approximate surface area is 154 Å². The zero-order valence-electron chi connectivity index (χ0n) is 14.6. The second-order valence-corrected chi connectivity index (χ2v) is 5.74. The number of aryl methyl sites for hydroxylation is 1. The van der Waals surface area contributed by atoms with Crippen molar-refractivity contribution in [3.8, 4) is 5.75 Å². The number of carbonyl (C=O) groups excluding carboxylic acids is 2. The average Bonchev–Trinajstić information content (AvgIpc) is 2.64. The molecule has 0 atom stereocenters. The molecule has 0 spiro atoms. The van der Waals surface area contributed by atoms with Crippen molar-refractivity contribution in [2.75, 3.05) is 19.7 Å². The summed E-state index contributed by atoms with van der Waals surface area (Å²) in [6.07, 6.45) is -4.44. The molecule has 0 radical (unpaired) electrons. The molecule has 2 aromatic carbocycles. The monoisotopic (exact) mass is 380 g/mol. The van der Waals surface area contributed by atoms with E-state index in [1.54, 1.807) is 12.1 Å². The second-order valence-electron chi connectivity index (χ2n) is 5.74. The molecule has 0 saturated carbocycles. The molecule has 144 valence electrons. The van der Waals surface area contributed by atoms with Crippen molar-refractivity contribution >= 4 is 11.8 Å². The first-order valence-electron chi connectivity index (χ1n) is 8.18. The van der Waals surface area contributed by atoms with Crippen LogP contribution >= 0.6 is 0 Å². The molecule has 0 unspecified atom stereocenters. The molecule has 27 heavy (non-hydrogen) atoms. The average molecular weight is 380 g/mol. The van der Waals surface area contributed by atoms with E-state index in [9.17, 15) is 22.8 Å². The van der Waals surface area contributed by atoms with Crippen LogP contribution in [-0.2, 0) is 11.0 Å². The predicted octanol–water partition coefficient (Wildman–Crippen LogP) is 2.94. The van der Waals surface area contributed by atoms with E-state index >= 15 is 0 Å². The maximum Gasteiger partial charge on any atom is 0.416 e. The second kappa shape index (κ2) is 9.07. The number of amides is 2. The van der Waals surface area contributed by atoms with Gasteiger partial charge in [-0.1, -0.05) is 18.2 Å². The van der Waals surface area contributed by atoms with Crippen LogP contribution in [0.3, 0.4) is 0 Å². The highest BCUT2D eigenvalue weighted by Crippen LogP contribution is 2.29. The quantitative estimate of drug-likeness (QED) is 0.726. The summed E-state index contributed by atoms with van der Waals surface area (Å²) in [5.41, 5.74) is 0.200. The number of ether oxygens (including phenoxy) is 1. The number of hydrogen-bond acceptors (Lipinski definition) is 3. The Morgan fingerprint density at radius 1 is 0.963 bits per heavy atom. The van der Waals surface area contributed by atoms with E-state index in [4.69, 9.17) is 4.74 Å². The number of benzene rings is 2. The van der Waals surface area contributed by atoms with E-state index in [0.717, 1.165) is 29.8 Å². The molecule has 0 aromatic heterocycles. The Kier molecular flexibility index (Phi) is 6.81. The number of rotatable bonds is 7. The Morgan fingerprint density at radius 2 is 1.59 bits per heavy atom. The third-order valence-electron chi connectivity index (χ3n) is 3.66. The summed E-state index contributed by atoms with van der Waals surface area (Å²) in [5, 5.41) is 5.10. The van der Waals surface area contributed by atoms with Crippen molar-refractivity contribution in [3.63, 3.8) is 0 Å². The highest BCUT2D eigenvalue weighted by atomic mass is 19.4. The fourth-order valence-electron chi connectivity index (χ4n) is 2.20. The standard InChI is InChI=1S/C19H19F3N2O3/c1-13-4-2-3-5-16(13)27-12-17(25)23-10-11-24-18(26)14-6-8-15(9-7-14)19(20,21)22/h2-9H,10-12H2,1H3,(H,23,25)(H,24,26). The van der Waals surface area contributed by atoms with Gasteiger partial charge in [-0.25, -0.2) is 0 Å². The maximum atomic E-state index is 12.5. The van der Waals surface area contributed by atoms with Gasteiger partial charge in [-0.15, -0.1) is 0 Å². The zero-order chi connectivity index (χ0) is 19.9. The Hall–Kier alpha value is -3.03. The Morgan fingerprint density at radius 3 is 2.22 bits per heavy atom. The summed E-state index contributed by atoms with van der Waals surface area (Å²) < 4.78 is 42.9. The summed E-state index contributed by atoms with van der Waals surface area (Å²) in [6, 6.07) is 11.2. The van der Waals surface area contributed by atoms with Gasteiger partial charge in [0.05, 0.1) is 5.56 Å². The molecule has 2 rings (SSSR count). The number of halogens is 3. The lowest BCUT2D eigenvalue weighted by molar-refractivity contribution is -0.137. The summed E-state index contributed by atoms with van der Waals surface area (Å²) >= 11 is 0. The van der Waals surface area contributed by atoms with Crippen LogP contribution in [-0.4, -0.2) is 31.5 Å². The first-order chi connectivity index (χ1) is 12.8. The van der Waals surface area contributed by atoms with Gasteiger partial charge in [-0.3, -0.25) is 9.59 Å². The van der Waals surface area contributed by atoms with Crippen molar-refractivity contribution in [2.24, 2.45) is 0 Å². The van der Waals surface area contributed by atoms with Gasteiger partial charge < -0.3 is 15.4 Å². The lowest BCUT2D eigenvalue weighted by Crippen LogP contribution is -2.36. The van der Waals surface area contributed by atoms with Gasteiger partial charge in [0.25, 0.3) is 11.8 Å². The first-order valence-corrected chi connectivity index (χ1v) is 8.18. The van der Waals surface area contributed by atoms with E-state index in [-0.39, 0.29) is 31.2 Å². The van der Waals surface area contributed by atoms with Crippen molar-refractivity contribution < 1.29 is 27.5 Å². The lowest BCUT2D eigenvalue weighted by atomic mass is 10.1. The van der Waals surface area contributed by atoms with Gasteiger partial charge in [0, 0.05) is 18.7 Å². The summed E-state index contributed by atoms with van der Waals surface area (Å²) in [7, 11) is 0. The molecule has 2 aromatic rings.